The molecule has 1 heterocycles. The SMILES string of the molecule is CC1CCNC(C2CC(C)(C)CCC2O)C1. The maximum absolute atomic E-state index is 10.2. The van der Waals surface area contributed by atoms with E-state index >= 15 is 0 Å². The van der Waals surface area contributed by atoms with Gasteiger partial charge in [-0.2, -0.15) is 0 Å². The lowest BCUT2D eigenvalue weighted by Crippen LogP contribution is -2.49. The molecule has 0 amide bonds. The maximum Gasteiger partial charge on any atom is 0.0583 e. The fourth-order valence-corrected chi connectivity index (χ4v) is 3.52. The van der Waals surface area contributed by atoms with Gasteiger partial charge in [0, 0.05) is 12.0 Å². The normalized spacial score (nSPS) is 44.2. The molecule has 2 N–H and O–H groups in total. The van der Waals surface area contributed by atoms with E-state index in [9.17, 15) is 5.11 Å². The van der Waals surface area contributed by atoms with Crippen molar-refractivity contribution in [3.63, 3.8) is 0 Å². The number of piperidine rings is 1. The van der Waals surface area contributed by atoms with Crippen LogP contribution in [0, 0.1) is 17.3 Å². The zero-order valence-corrected chi connectivity index (χ0v) is 11.0. The largest absolute Gasteiger partial charge is 0.393 e. The van der Waals surface area contributed by atoms with E-state index in [1.165, 1.54) is 25.7 Å². The minimum absolute atomic E-state index is 0.0733. The third kappa shape index (κ3) is 2.78. The molecule has 2 fully saturated rings. The fourth-order valence-electron chi connectivity index (χ4n) is 3.52. The van der Waals surface area contributed by atoms with E-state index in [1.54, 1.807) is 0 Å². The lowest BCUT2D eigenvalue weighted by molar-refractivity contribution is -0.00470. The van der Waals surface area contributed by atoms with Crippen LogP contribution in [0.5, 0.6) is 0 Å². The van der Waals surface area contributed by atoms with E-state index in [2.05, 4.69) is 26.1 Å². The van der Waals surface area contributed by atoms with Gasteiger partial charge in [0.1, 0.15) is 0 Å². The number of hydrogen-bond acceptors (Lipinski definition) is 2. The molecule has 0 spiro atoms. The van der Waals surface area contributed by atoms with Crippen molar-refractivity contribution in [3.8, 4) is 0 Å². The molecule has 16 heavy (non-hydrogen) atoms. The molecule has 0 aromatic rings. The van der Waals surface area contributed by atoms with Crippen molar-refractivity contribution in [2.45, 2.75) is 65.0 Å². The van der Waals surface area contributed by atoms with Crippen molar-refractivity contribution < 1.29 is 5.11 Å². The summed E-state index contributed by atoms with van der Waals surface area (Å²) in [7, 11) is 0. The van der Waals surface area contributed by atoms with Gasteiger partial charge in [0.25, 0.3) is 0 Å². The Balaban J connectivity index is 2.00. The molecule has 2 heteroatoms. The molecule has 1 saturated carbocycles. The van der Waals surface area contributed by atoms with Crippen LogP contribution in [0.4, 0.5) is 0 Å². The second-order valence-electron chi connectivity index (χ2n) is 6.83. The first-order valence-electron chi connectivity index (χ1n) is 6.89. The number of rotatable bonds is 1. The summed E-state index contributed by atoms with van der Waals surface area (Å²) in [5.74, 6) is 1.30. The average molecular weight is 225 g/mol. The van der Waals surface area contributed by atoms with Crippen LogP contribution in [0.15, 0.2) is 0 Å². The van der Waals surface area contributed by atoms with E-state index in [-0.39, 0.29) is 6.10 Å². The third-order valence-electron chi connectivity index (χ3n) is 4.62. The monoisotopic (exact) mass is 225 g/mol. The van der Waals surface area contributed by atoms with Gasteiger partial charge in [-0.05, 0) is 50.0 Å². The highest BCUT2D eigenvalue weighted by Gasteiger charge is 2.39. The quantitative estimate of drug-likeness (QED) is 0.719. The molecule has 94 valence electrons. The first-order valence-corrected chi connectivity index (χ1v) is 6.89. The summed E-state index contributed by atoms with van der Waals surface area (Å²) in [5, 5.41) is 13.8. The van der Waals surface area contributed by atoms with Crippen LogP contribution < -0.4 is 5.32 Å². The Morgan fingerprint density at radius 1 is 1.25 bits per heavy atom. The first kappa shape index (κ1) is 12.4. The van der Waals surface area contributed by atoms with Crippen LogP contribution in [0.3, 0.4) is 0 Å². The highest BCUT2D eigenvalue weighted by atomic mass is 16.3. The van der Waals surface area contributed by atoms with Crippen LogP contribution in [0.1, 0.15) is 52.9 Å². The molecular weight excluding hydrogens is 198 g/mol. The van der Waals surface area contributed by atoms with E-state index in [0.29, 0.717) is 17.4 Å². The van der Waals surface area contributed by atoms with Crippen LogP contribution in [-0.2, 0) is 0 Å². The molecule has 1 aliphatic carbocycles. The second-order valence-corrected chi connectivity index (χ2v) is 6.83. The Morgan fingerprint density at radius 2 is 2.00 bits per heavy atom. The average Bonchev–Trinajstić information content (AvgIpc) is 2.22. The van der Waals surface area contributed by atoms with E-state index in [4.69, 9.17) is 0 Å². The zero-order chi connectivity index (χ0) is 11.8. The van der Waals surface area contributed by atoms with Crippen LogP contribution in [-0.4, -0.2) is 23.8 Å². The molecule has 2 aliphatic rings. The molecule has 0 bridgehead atoms. The standard InChI is InChI=1S/C14H27NO/c1-10-5-7-15-12(8-10)11-9-14(2,3)6-4-13(11)16/h10-13,15-16H,4-9H2,1-3H3. The lowest BCUT2D eigenvalue weighted by Gasteiger charge is -2.44. The summed E-state index contributed by atoms with van der Waals surface area (Å²) < 4.78 is 0. The zero-order valence-electron chi connectivity index (χ0n) is 11.0. The Labute approximate surface area is 99.8 Å². The minimum Gasteiger partial charge on any atom is -0.393 e. The van der Waals surface area contributed by atoms with E-state index in [0.717, 1.165) is 18.9 Å². The summed E-state index contributed by atoms with van der Waals surface area (Å²) in [6, 6.07) is 0.554. The van der Waals surface area contributed by atoms with Gasteiger partial charge in [0.15, 0.2) is 0 Å². The minimum atomic E-state index is -0.0733. The molecule has 4 unspecified atom stereocenters. The summed E-state index contributed by atoms with van der Waals surface area (Å²) >= 11 is 0. The van der Waals surface area contributed by atoms with E-state index in [1.807, 2.05) is 0 Å². The number of hydrogen-bond donors (Lipinski definition) is 2. The van der Waals surface area contributed by atoms with E-state index < -0.39 is 0 Å². The number of aliphatic hydroxyl groups excluding tert-OH is 1. The van der Waals surface area contributed by atoms with Crippen LogP contribution in [0.2, 0.25) is 0 Å². The highest BCUT2D eigenvalue weighted by molar-refractivity contribution is 4.93. The van der Waals surface area contributed by atoms with Gasteiger partial charge in [0.2, 0.25) is 0 Å². The summed E-state index contributed by atoms with van der Waals surface area (Å²) in [6.07, 6.45) is 5.81. The van der Waals surface area contributed by atoms with Crippen molar-refractivity contribution in [3.05, 3.63) is 0 Å². The van der Waals surface area contributed by atoms with Crippen molar-refractivity contribution in [1.82, 2.24) is 5.32 Å². The Hall–Kier alpha value is -0.0800. The van der Waals surface area contributed by atoms with Gasteiger partial charge >= 0.3 is 0 Å². The van der Waals surface area contributed by atoms with Gasteiger partial charge in [-0.15, -0.1) is 0 Å². The fraction of sp³-hybridized carbons (Fsp3) is 1.00. The number of aliphatic hydroxyl groups is 1. The summed E-state index contributed by atoms with van der Waals surface area (Å²) in [4.78, 5) is 0. The van der Waals surface area contributed by atoms with Gasteiger partial charge < -0.3 is 10.4 Å². The summed E-state index contributed by atoms with van der Waals surface area (Å²) in [6.45, 7) is 8.17. The topological polar surface area (TPSA) is 32.3 Å². The Morgan fingerprint density at radius 3 is 2.69 bits per heavy atom. The van der Waals surface area contributed by atoms with Crippen LogP contribution in [0.25, 0.3) is 0 Å². The molecule has 0 radical (unpaired) electrons. The van der Waals surface area contributed by atoms with Crippen LogP contribution >= 0.6 is 0 Å². The van der Waals surface area contributed by atoms with Gasteiger partial charge in [-0.3, -0.25) is 0 Å². The third-order valence-corrected chi connectivity index (χ3v) is 4.62. The van der Waals surface area contributed by atoms with Gasteiger partial charge in [-0.1, -0.05) is 20.8 Å². The molecule has 2 rings (SSSR count). The molecular formula is C14H27NO. The highest BCUT2D eigenvalue weighted by Crippen LogP contribution is 2.41. The van der Waals surface area contributed by atoms with Crippen molar-refractivity contribution in [2.75, 3.05) is 6.54 Å². The molecule has 0 aromatic heterocycles. The second kappa shape index (κ2) is 4.66. The summed E-state index contributed by atoms with van der Waals surface area (Å²) in [5.41, 5.74) is 0.423. The lowest BCUT2D eigenvalue weighted by atomic mass is 9.67. The predicted molar refractivity (Wildman–Crippen MR) is 67.3 cm³/mol. The predicted octanol–water partition coefficient (Wildman–Crippen LogP) is 2.56. The van der Waals surface area contributed by atoms with Crippen molar-refractivity contribution >= 4 is 0 Å². The number of nitrogens with one attached hydrogen (secondary N) is 1. The van der Waals surface area contributed by atoms with Gasteiger partial charge in [-0.25, -0.2) is 0 Å². The molecule has 4 atom stereocenters. The Kier molecular flexibility index (Phi) is 3.60. The van der Waals surface area contributed by atoms with Crippen molar-refractivity contribution in [2.24, 2.45) is 17.3 Å². The molecule has 0 aromatic carbocycles. The molecule has 1 saturated heterocycles. The smallest absolute Gasteiger partial charge is 0.0583 e. The van der Waals surface area contributed by atoms with Gasteiger partial charge in [0.05, 0.1) is 6.10 Å². The molecule has 1 aliphatic heterocycles. The van der Waals surface area contributed by atoms with Crippen molar-refractivity contribution in [1.29, 1.82) is 0 Å². The maximum atomic E-state index is 10.2. The Bertz CT molecular complexity index is 239. The molecule has 2 nitrogen and oxygen atoms in total. The first-order chi connectivity index (χ1) is 7.48.